The maximum absolute atomic E-state index is 12.2. The van der Waals surface area contributed by atoms with Crippen LogP contribution in [0.25, 0.3) is 20.8 Å². The molecule has 0 atom stereocenters. The summed E-state index contributed by atoms with van der Waals surface area (Å²) in [5, 5.41) is 0.681. The third kappa shape index (κ3) is 3.00. The molecule has 2 aromatic carbocycles. The van der Waals surface area contributed by atoms with E-state index < -0.39 is 15.9 Å². The van der Waals surface area contributed by atoms with Crippen molar-refractivity contribution in [3.05, 3.63) is 54.1 Å². The van der Waals surface area contributed by atoms with Crippen molar-refractivity contribution < 1.29 is 13.2 Å². The Bertz CT molecular complexity index is 929. The van der Waals surface area contributed by atoms with Crippen LogP contribution in [0.2, 0.25) is 0 Å². The highest BCUT2D eigenvalue weighted by Gasteiger charge is 2.17. The molecule has 0 fully saturated rings. The van der Waals surface area contributed by atoms with Crippen LogP contribution in [0.1, 0.15) is 10.4 Å². The first-order valence-corrected chi connectivity index (χ1v) is 9.12. The molecule has 0 unspecified atom stereocenters. The molecular formula is C15H12N2O3S2. The number of nitrogens with one attached hydrogen (secondary N) is 1. The van der Waals surface area contributed by atoms with Crippen molar-refractivity contribution in [2.75, 3.05) is 6.26 Å². The van der Waals surface area contributed by atoms with Gasteiger partial charge in [-0.25, -0.2) is 18.1 Å². The normalized spacial score (nSPS) is 11.5. The summed E-state index contributed by atoms with van der Waals surface area (Å²) in [5.41, 5.74) is 1.75. The molecule has 5 nitrogen and oxygen atoms in total. The number of carbonyl (C=O) groups is 1. The van der Waals surface area contributed by atoms with E-state index in [4.69, 9.17) is 0 Å². The van der Waals surface area contributed by atoms with E-state index in [1.165, 1.54) is 11.3 Å². The summed E-state index contributed by atoms with van der Waals surface area (Å²) < 4.78 is 25.5. The second kappa shape index (κ2) is 5.51. The number of hydrogen-bond donors (Lipinski definition) is 1. The fourth-order valence-corrected chi connectivity index (χ4v) is 3.53. The molecule has 0 aliphatic carbocycles. The summed E-state index contributed by atoms with van der Waals surface area (Å²) in [6, 6.07) is 14.5. The van der Waals surface area contributed by atoms with Gasteiger partial charge in [-0.2, -0.15) is 0 Å². The summed E-state index contributed by atoms with van der Waals surface area (Å²) in [6.45, 7) is 0. The molecule has 112 valence electrons. The van der Waals surface area contributed by atoms with Crippen LogP contribution in [0.5, 0.6) is 0 Å². The molecule has 22 heavy (non-hydrogen) atoms. The van der Waals surface area contributed by atoms with Gasteiger partial charge >= 0.3 is 0 Å². The smallest absolute Gasteiger partial charge is 0.265 e. The largest absolute Gasteiger partial charge is 0.268 e. The zero-order valence-electron chi connectivity index (χ0n) is 11.6. The second-order valence-corrected chi connectivity index (χ2v) is 7.51. The quantitative estimate of drug-likeness (QED) is 0.800. The van der Waals surface area contributed by atoms with Crippen LogP contribution in [-0.2, 0) is 10.0 Å². The molecule has 0 spiro atoms. The van der Waals surface area contributed by atoms with Crippen molar-refractivity contribution in [3.63, 3.8) is 0 Å². The average molecular weight is 332 g/mol. The zero-order valence-corrected chi connectivity index (χ0v) is 13.2. The minimum absolute atomic E-state index is 0.284. The second-order valence-electron chi connectivity index (χ2n) is 4.74. The molecule has 0 saturated carbocycles. The Labute approximate surface area is 131 Å². The lowest BCUT2D eigenvalue weighted by molar-refractivity contribution is 0.0982. The van der Waals surface area contributed by atoms with Gasteiger partial charge in [-0.1, -0.05) is 30.3 Å². The van der Waals surface area contributed by atoms with Gasteiger partial charge in [0.15, 0.2) is 0 Å². The standard InChI is InChI=1S/C15H12N2O3S2/c1-22(19,20)17-14(18)10-6-2-3-7-11(10)15-16-12-8-4-5-9-13(12)21-15/h2-9H,1H3,(H,17,18). The van der Waals surface area contributed by atoms with Crippen LogP contribution in [-0.4, -0.2) is 25.6 Å². The van der Waals surface area contributed by atoms with Gasteiger partial charge in [-0.15, -0.1) is 11.3 Å². The van der Waals surface area contributed by atoms with Crippen molar-refractivity contribution in [3.8, 4) is 10.6 Å². The molecule has 3 aromatic rings. The fourth-order valence-electron chi connectivity index (χ4n) is 2.08. The van der Waals surface area contributed by atoms with Gasteiger partial charge in [-0.3, -0.25) is 4.79 Å². The lowest BCUT2D eigenvalue weighted by Crippen LogP contribution is -2.29. The van der Waals surface area contributed by atoms with Gasteiger partial charge in [-0.05, 0) is 18.2 Å². The monoisotopic (exact) mass is 332 g/mol. The molecular weight excluding hydrogens is 320 g/mol. The van der Waals surface area contributed by atoms with E-state index in [-0.39, 0.29) is 5.56 Å². The molecule has 1 aromatic heterocycles. The Hall–Kier alpha value is -2.25. The number of sulfonamides is 1. The summed E-state index contributed by atoms with van der Waals surface area (Å²) >= 11 is 1.46. The van der Waals surface area contributed by atoms with Gasteiger partial charge in [0.1, 0.15) is 5.01 Å². The topological polar surface area (TPSA) is 76.1 Å². The predicted octanol–water partition coefficient (Wildman–Crippen LogP) is 2.65. The van der Waals surface area contributed by atoms with Crippen molar-refractivity contribution in [1.29, 1.82) is 0 Å². The predicted molar refractivity (Wildman–Crippen MR) is 87.4 cm³/mol. The number of rotatable bonds is 3. The molecule has 7 heteroatoms. The molecule has 0 bridgehead atoms. The number of benzene rings is 2. The first-order chi connectivity index (χ1) is 10.4. The molecule has 1 amide bonds. The van der Waals surface area contributed by atoms with Gasteiger partial charge in [0.05, 0.1) is 22.0 Å². The lowest BCUT2D eigenvalue weighted by Gasteiger charge is -2.06. The van der Waals surface area contributed by atoms with E-state index in [2.05, 4.69) is 4.98 Å². The summed E-state index contributed by atoms with van der Waals surface area (Å²) in [7, 11) is -3.61. The number of amides is 1. The van der Waals surface area contributed by atoms with Crippen LogP contribution in [0.15, 0.2) is 48.5 Å². The van der Waals surface area contributed by atoms with E-state index in [0.717, 1.165) is 16.5 Å². The first-order valence-electron chi connectivity index (χ1n) is 6.41. The number of para-hydroxylation sites is 1. The van der Waals surface area contributed by atoms with E-state index in [1.54, 1.807) is 24.3 Å². The highest BCUT2D eigenvalue weighted by molar-refractivity contribution is 7.89. The van der Waals surface area contributed by atoms with Crippen LogP contribution < -0.4 is 4.72 Å². The Morgan fingerprint density at radius 2 is 1.77 bits per heavy atom. The number of fused-ring (bicyclic) bond motifs is 1. The number of aromatic nitrogens is 1. The van der Waals surface area contributed by atoms with E-state index in [1.807, 2.05) is 29.0 Å². The van der Waals surface area contributed by atoms with Crippen molar-refractivity contribution in [2.45, 2.75) is 0 Å². The van der Waals surface area contributed by atoms with Crippen molar-refractivity contribution in [1.82, 2.24) is 9.71 Å². The third-order valence-corrected chi connectivity index (χ3v) is 4.60. The molecule has 1 N–H and O–H groups in total. The minimum Gasteiger partial charge on any atom is -0.268 e. The SMILES string of the molecule is CS(=O)(=O)NC(=O)c1ccccc1-c1nc2ccccc2s1. The van der Waals surface area contributed by atoms with Crippen LogP contribution in [0.3, 0.4) is 0 Å². The Morgan fingerprint density at radius 3 is 2.50 bits per heavy atom. The lowest BCUT2D eigenvalue weighted by atomic mass is 10.1. The number of thiazole rings is 1. The molecule has 0 saturated heterocycles. The molecule has 3 rings (SSSR count). The number of nitrogens with zero attached hydrogens (tertiary/aromatic N) is 1. The third-order valence-electron chi connectivity index (χ3n) is 2.97. The minimum atomic E-state index is -3.61. The Morgan fingerprint density at radius 1 is 1.09 bits per heavy atom. The highest BCUT2D eigenvalue weighted by Crippen LogP contribution is 2.32. The highest BCUT2D eigenvalue weighted by atomic mass is 32.2. The molecule has 0 aliphatic heterocycles. The van der Waals surface area contributed by atoms with E-state index in [9.17, 15) is 13.2 Å². The Balaban J connectivity index is 2.09. The van der Waals surface area contributed by atoms with Gasteiger partial charge in [0.25, 0.3) is 5.91 Å². The van der Waals surface area contributed by atoms with Gasteiger partial charge in [0.2, 0.25) is 10.0 Å². The summed E-state index contributed by atoms with van der Waals surface area (Å²) in [6.07, 6.45) is 0.950. The number of hydrogen-bond acceptors (Lipinski definition) is 5. The van der Waals surface area contributed by atoms with Crippen molar-refractivity contribution in [2.24, 2.45) is 0 Å². The van der Waals surface area contributed by atoms with Crippen LogP contribution in [0, 0.1) is 0 Å². The average Bonchev–Trinajstić information content (AvgIpc) is 2.89. The van der Waals surface area contributed by atoms with E-state index in [0.29, 0.717) is 10.6 Å². The maximum atomic E-state index is 12.2. The van der Waals surface area contributed by atoms with Crippen LogP contribution >= 0.6 is 11.3 Å². The fraction of sp³-hybridized carbons (Fsp3) is 0.0667. The molecule has 0 aliphatic rings. The van der Waals surface area contributed by atoms with E-state index >= 15 is 0 Å². The molecule has 1 heterocycles. The zero-order chi connectivity index (χ0) is 15.7. The van der Waals surface area contributed by atoms with Gasteiger partial charge < -0.3 is 0 Å². The maximum Gasteiger partial charge on any atom is 0.265 e. The Kier molecular flexibility index (Phi) is 3.67. The summed E-state index contributed by atoms with van der Waals surface area (Å²) in [4.78, 5) is 16.7. The van der Waals surface area contributed by atoms with Crippen LogP contribution in [0.4, 0.5) is 0 Å². The van der Waals surface area contributed by atoms with Crippen molar-refractivity contribution >= 4 is 37.5 Å². The molecule has 0 radical (unpaired) electrons. The summed E-state index contributed by atoms with van der Waals surface area (Å²) in [5.74, 6) is -0.655. The first kappa shape index (κ1) is 14.7. The van der Waals surface area contributed by atoms with Gasteiger partial charge in [0, 0.05) is 5.56 Å². The number of carbonyl (C=O) groups excluding carboxylic acids is 1.